The number of benzene rings is 8. The van der Waals surface area contributed by atoms with Crippen LogP contribution >= 0.6 is 11.3 Å². The van der Waals surface area contributed by atoms with Crippen LogP contribution in [0, 0.1) is 0 Å². The Hall–Kier alpha value is -7.02. The number of thiophene rings is 1. The van der Waals surface area contributed by atoms with Crippen molar-refractivity contribution in [1.29, 1.82) is 0 Å². The van der Waals surface area contributed by atoms with E-state index in [1.54, 1.807) is 0 Å². The molecule has 0 spiro atoms. The Balaban J connectivity index is 1.09. The van der Waals surface area contributed by atoms with Crippen LogP contribution in [0.3, 0.4) is 0 Å². The minimum atomic E-state index is -0.195. The Bertz CT molecular complexity index is 4230. The van der Waals surface area contributed by atoms with E-state index in [2.05, 4.69) is 218 Å². The van der Waals surface area contributed by atoms with E-state index < -0.39 is 0 Å². The summed E-state index contributed by atoms with van der Waals surface area (Å²) in [6, 6.07) is 55.8. The molecule has 2 aliphatic carbocycles. The number of hydrogen-bond acceptors (Lipinski definition) is 5. The third-order valence-corrected chi connectivity index (χ3v) is 20.1. The summed E-state index contributed by atoms with van der Waals surface area (Å²) in [6.07, 6.45) is 8.04. The fourth-order valence-electron chi connectivity index (χ4n) is 14.3. The second-order valence-electron chi connectivity index (χ2n) is 25.6. The lowest BCUT2D eigenvalue weighted by atomic mass is 9.46. The molecule has 0 N–H and O–H groups in total. The quantitative estimate of drug-likeness (QED) is 0.155. The third kappa shape index (κ3) is 6.61. The van der Waals surface area contributed by atoms with Gasteiger partial charge >= 0.3 is 6.85 Å². The topological polar surface area (TPSA) is 32.8 Å². The summed E-state index contributed by atoms with van der Waals surface area (Å²) in [7, 11) is 0. The molecule has 76 heavy (non-hydrogen) atoms. The molecule has 6 heteroatoms. The van der Waals surface area contributed by atoms with Crippen LogP contribution in [0.4, 0.5) is 28.4 Å². The number of hydrogen-bond donors (Lipinski definition) is 0. The molecule has 11 aromatic rings. The first-order chi connectivity index (χ1) is 36.6. The predicted octanol–water partition coefficient (Wildman–Crippen LogP) is 19.1. The number of furan rings is 2. The zero-order chi connectivity index (χ0) is 51.8. The van der Waals surface area contributed by atoms with E-state index in [0.29, 0.717) is 0 Å². The largest absolute Gasteiger partial charge is 0.456 e. The maximum atomic E-state index is 7.33. The molecule has 0 bridgehead atoms. The van der Waals surface area contributed by atoms with E-state index in [1.165, 1.54) is 101 Å². The van der Waals surface area contributed by atoms with Crippen LogP contribution in [0.1, 0.15) is 129 Å². The number of para-hydroxylation sites is 1. The number of nitrogens with zero attached hydrogens (tertiary/aromatic N) is 2. The van der Waals surface area contributed by atoms with E-state index in [4.69, 9.17) is 8.83 Å². The van der Waals surface area contributed by atoms with Crippen molar-refractivity contribution in [2.45, 2.75) is 129 Å². The van der Waals surface area contributed by atoms with Gasteiger partial charge in [0, 0.05) is 65.1 Å². The minimum Gasteiger partial charge on any atom is -0.456 e. The summed E-state index contributed by atoms with van der Waals surface area (Å²) in [6.45, 7) is 21.6. The van der Waals surface area contributed by atoms with Gasteiger partial charge in [-0.1, -0.05) is 142 Å². The van der Waals surface area contributed by atoms with Crippen LogP contribution in [0.25, 0.3) is 76.2 Å². The van der Waals surface area contributed by atoms with Gasteiger partial charge in [-0.3, -0.25) is 0 Å². The van der Waals surface area contributed by atoms with Gasteiger partial charge < -0.3 is 18.5 Å². The van der Waals surface area contributed by atoms with Crippen molar-refractivity contribution in [3.8, 4) is 22.3 Å². The van der Waals surface area contributed by atoms with Gasteiger partial charge in [-0.05, 0) is 177 Å². The zero-order valence-corrected chi connectivity index (χ0v) is 46.3. The summed E-state index contributed by atoms with van der Waals surface area (Å²) in [5, 5.41) is 5.94. The first kappa shape index (κ1) is 46.3. The van der Waals surface area contributed by atoms with Crippen molar-refractivity contribution < 1.29 is 8.83 Å². The molecule has 3 aromatic heterocycles. The Morgan fingerprint density at radius 1 is 0.500 bits per heavy atom. The first-order valence-electron chi connectivity index (χ1n) is 28.1. The Labute approximate surface area is 451 Å². The van der Waals surface area contributed by atoms with E-state index in [1.807, 2.05) is 11.3 Å². The van der Waals surface area contributed by atoms with Gasteiger partial charge in [0.2, 0.25) is 0 Å². The maximum Gasteiger partial charge on any atom is 0.343 e. The van der Waals surface area contributed by atoms with Crippen molar-refractivity contribution in [2.75, 3.05) is 9.71 Å². The molecule has 0 unspecified atom stereocenters. The van der Waals surface area contributed by atoms with Gasteiger partial charge in [0.15, 0.2) is 5.58 Å². The summed E-state index contributed by atoms with van der Waals surface area (Å²) in [4.78, 5) is 5.30. The Morgan fingerprint density at radius 3 is 1.78 bits per heavy atom. The fraction of sp³-hybridized carbons (Fsp3) is 0.286. The lowest BCUT2D eigenvalue weighted by Gasteiger charge is -2.44. The number of unbranched alkanes of at least 4 members (excludes halogenated alkanes) is 1. The first-order valence-corrected chi connectivity index (χ1v) is 28.9. The molecule has 4 nitrogen and oxygen atoms in total. The number of aryl methyl sites for hydroxylation is 1. The van der Waals surface area contributed by atoms with Crippen LogP contribution in [0.2, 0.25) is 0 Å². The maximum absolute atomic E-state index is 7.33. The monoisotopic (exact) mass is 1010 g/mol. The lowest BCUT2D eigenvalue weighted by Crippen LogP contribution is -2.60. The minimum absolute atomic E-state index is 0.0322. The molecule has 0 amide bonds. The fourth-order valence-corrected chi connectivity index (χ4v) is 15.6. The molecule has 0 saturated carbocycles. The van der Waals surface area contributed by atoms with Gasteiger partial charge in [-0.15, -0.1) is 11.3 Å². The Morgan fingerprint density at radius 2 is 1.08 bits per heavy atom. The van der Waals surface area contributed by atoms with E-state index in [-0.39, 0.29) is 28.5 Å². The lowest BCUT2D eigenvalue weighted by molar-refractivity contribution is 0.332. The van der Waals surface area contributed by atoms with E-state index in [9.17, 15) is 0 Å². The number of anilines is 5. The van der Waals surface area contributed by atoms with Crippen LogP contribution in [0.5, 0.6) is 0 Å². The molecule has 8 aromatic carbocycles. The van der Waals surface area contributed by atoms with Gasteiger partial charge in [0.1, 0.15) is 16.7 Å². The second-order valence-corrected chi connectivity index (χ2v) is 26.6. The highest BCUT2D eigenvalue weighted by Gasteiger charge is 2.50. The molecule has 0 fully saturated rings. The summed E-state index contributed by atoms with van der Waals surface area (Å²) >= 11 is 1.99. The molecule has 376 valence electrons. The standard InChI is InChI=1S/C70H65BN2O2S/c1-10-11-17-41-22-26-44(27-23-41)72-63-52-37-54-56(70(8,9)33-31-68(54,4)5)39-61(52)76-66(63)71-62-50(35-51-46-20-15-16-21-58(46)75-65(51)64(62)72)47-34-48-49-36-53-55(69(6,7)32-30-67(53,2)3)38-59(49)74-60(48)40-57(47)73(71)45-28-24-43(25-29-45)42-18-13-12-14-19-42/h12-16,18-29,34-40H,10-11,17,30-33H2,1-9H3. The summed E-state index contributed by atoms with van der Waals surface area (Å²) in [5.41, 5.74) is 23.1. The average molecular weight is 1010 g/mol. The molecule has 0 saturated heterocycles. The normalized spacial score (nSPS) is 17.6. The molecule has 15 rings (SSSR count). The van der Waals surface area contributed by atoms with Gasteiger partial charge in [0.25, 0.3) is 0 Å². The van der Waals surface area contributed by atoms with Crippen molar-refractivity contribution in [3.05, 3.63) is 173 Å². The zero-order valence-electron chi connectivity index (χ0n) is 45.5. The third-order valence-electron chi connectivity index (χ3n) is 18.9. The highest BCUT2D eigenvalue weighted by Crippen LogP contribution is 2.57. The SMILES string of the molecule is CCCCc1ccc(N2c3c(sc4cc5c(cc34)C(C)(C)CCC5(C)C)B3c4c(cc5c(oc6ccccc65)c42)-c2cc4c(cc2N3c2ccc(-c3ccccc3)cc2)oc2cc3c(cc24)C(C)(C)CCC3(C)C)cc1. The van der Waals surface area contributed by atoms with Crippen LogP contribution in [-0.2, 0) is 28.1 Å². The van der Waals surface area contributed by atoms with Crippen molar-refractivity contribution in [1.82, 2.24) is 0 Å². The van der Waals surface area contributed by atoms with E-state index in [0.717, 1.165) is 86.9 Å². The predicted molar refractivity (Wildman–Crippen MR) is 325 cm³/mol. The van der Waals surface area contributed by atoms with E-state index >= 15 is 0 Å². The van der Waals surface area contributed by atoms with Crippen LogP contribution < -0.4 is 20.0 Å². The smallest absolute Gasteiger partial charge is 0.343 e. The average Bonchev–Trinajstić information content (AvgIpc) is 4.23. The van der Waals surface area contributed by atoms with Gasteiger partial charge in [0.05, 0.1) is 11.4 Å². The second kappa shape index (κ2) is 16.0. The highest BCUT2D eigenvalue weighted by atomic mass is 32.1. The molecule has 5 heterocycles. The summed E-state index contributed by atoms with van der Waals surface area (Å²) < 4.78 is 17.2. The highest BCUT2D eigenvalue weighted by molar-refractivity contribution is 7.32. The molecule has 2 aliphatic heterocycles. The van der Waals surface area contributed by atoms with Crippen molar-refractivity contribution in [2.24, 2.45) is 0 Å². The Kier molecular flexibility index (Phi) is 9.76. The van der Waals surface area contributed by atoms with Gasteiger partial charge in [-0.25, -0.2) is 0 Å². The van der Waals surface area contributed by atoms with Crippen molar-refractivity contribution >= 4 is 111 Å². The van der Waals surface area contributed by atoms with Crippen LogP contribution in [0.15, 0.2) is 154 Å². The molecule has 0 atom stereocenters. The molecular formula is C70H65BN2O2S. The number of rotatable bonds is 6. The van der Waals surface area contributed by atoms with Crippen molar-refractivity contribution in [3.63, 3.8) is 0 Å². The molecular weight excluding hydrogens is 944 g/mol. The molecule has 4 aliphatic rings. The van der Waals surface area contributed by atoms with Crippen LogP contribution in [-0.4, -0.2) is 6.85 Å². The summed E-state index contributed by atoms with van der Waals surface area (Å²) in [5.74, 6) is 0. The van der Waals surface area contributed by atoms with Gasteiger partial charge in [-0.2, -0.15) is 0 Å². The number of fused-ring (bicyclic) bond motifs is 15. The molecule has 0 radical (unpaired) electrons.